The van der Waals surface area contributed by atoms with E-state index in [1.54, 1.807) is 0 Å². The zero-order valence-electron chi connectivity index (χ0n) is 8.47. The summed E-state index contributed by atoms with van der Waals surface area (Å²) in [5.41, 5.74) is 0. The zero-order valence-corrected chi connectivity index (χ0v) is 8.47. The molecule has 0 rings (SSSR count). The van der Waals surface area contributed by atoms with E-state index < -0.39 is 0 Å². The third-order valence-electron chi connectivity index (χ3n) is 1.69. The van der Waals surface area contributed by atoms with E-state index >= 15 is 0 Å². The molecule has 1 atom stereocenters. The molecule has 0 aromatic rings. The molecule has 0 fully saturated rings. The van der Waals surface area contributed by atoms with Gasteiger partial charge >= 0.3 is 0 Å². The smallest absolute Gasteiger partial charge is 0.118 e. The van der Waals surface area contributed by atoms with Gasteiger partial charge in [-0.3, -0.25) is 0 Å². The third-order valence-corrected chi connectivity index (χ3v) is 1.69. The Kier molecular flexibility index (Phi) is 6.90. The van der Waals surface area contributed by atoms with E-state index in [2.05, 4.69) is 12.8 Å². The molecule has 0 amide bonds. The second kappa shape index (κ2) is 7.18. The van der Waals surface area contributed by atoms with Crippen LogP contribution >= 0.6 is 0 Å². The maximum atomic E-state index is 5.51. The van der Waals surface area contributed by atoms with Gasteiger partial charge in [0, 0.05) is 0 Å². The Morgan fingerprint density at radius 1 is 1.33 bits per heavy atom. The molecule has 0 aromatic heterocycles. The molecule has 1 nitrogen and oxygen atoms in total. The average Bonchev–Trinajstić information content (AvgIpc) is 2.02. The fourth-order valence-corrected chi connectivity index (χ4v) is 1.10. The predicted octanol–water partition coefficient (Wildman–Crippen LogP) is 2.99. The second-order valence-electron chi connectivity index (χ2n) is 3.34. The van der Waals surface area contributed by atoms with E-state index in [1.807, 2.05) is 13.8 Å². The molecular weight excluding hydrogens is 148 g/mol. The monoisotopic (exact) mass is 168 g/mol. The summed E-state index contributed by atoms with van der Waals surface area (Å²) in [5, 5.41) is 0. The van der Waals surface area contributed by atoms with Crippen LogP contribution < -0.4 is 0 Å². The van der Waals surface area contributed by atoms with Crippen LogP contribution in [0.25, 0.3) is 0 Å². The highest BCUT2D eigenvalue weighted by molar-refractivity contribution is 4.94. The first kappa shape index (κ1) is 11.5. The normalized spacial score (nSPS) is 12.9. The summed E-state index contributed by atoms with van der Waals surface area (Å²) in [6.07, 6.45) is 10.3. The lowest BCUT2D eigenvalue weighted by Gasteiger charge is -2.14. The number of hydrogen-bond acceptors (Lipinski definition) is 1. The molecule has 0 heterocycles. The number of terminal acetylenes is 1. The number of ether oxygens (including phenoxy) is 1. The highest BCUT2D eigenvalue weighted by Gasteiger charge is 2.06. The van der Waals surface area contributed by atoms with Crippen LogP contribution in [0.4, 0.5) is 0 Å². The summed E-state index contributed by atoms with van der Waals surface area (Å²) in [4.78, 5) is 0. The molecule has 0 N–H and O–H groups in total. The molecule has 0 bridgehead atoms. The Morgan fingerprint density at radius 3 is 2.42 bits per heavy atom. The Balaban J connectivity index is 3.48. The van der Waals surface area contributed by atoms with Crippen molar-refractivity contribution in [1.29, 1.82) is 0 Å². The first-order valence-corrected chi connectivity index (χ1v) is 4.82. The van der Waals surface area contributed by atoms with Crippen LogP contribution in [0.5, 0.6) is 0 Å². The van der Waals surface area contributed by atoms with Gasteiger partial charge in [-0.1, -0.05) is 25.7 Å². The lowest BCUT2D eigenvalue weighted by Crippen LogP contribution is -2.15. The van der Waals surface area contributed by atoms with Crippen LogP contribution in [-0.2, 0) is 4.74 Å². The molecule has 1 unspecified atom stereocenters. The molecule has 70 valence electrons. The quantitative estimate of drug-likeness (QED) is 0.437. The molecule has 0 radical (unpaired) electrons. The van der Waals surface area contributed by atoms with Crippen molar-refractivity contribution in [3.8, 4) is 12.3 Å². The van der Waals surface area contributed by atoms with Crippen molar-refractivity contribution in [3.63, 3.8) is 0 Å². The third kappa shape index (κ3) is 6.24. The summed E-state index contributed by atoms with van der Waals surface area (Å²) < 4.78 is 5.51. The summed E-state index contributed by atoms with van der Waals surface area (Å²) in [6.45, 7) is 6.22. The summed E-state index contributed by atoms with van der Waals surface area (Å²) in [7, 11) is 0. The standard InChI is InChI=1S/C11H20O/c1-5-7-8-9-11(6-2)12-10(3)4/h2,10-11H,5,7-9H2,1,3-4H3. The fourth-order valence-electron chi connectivity index (χ4n) is 1.10. The molecule has 1 heteroatoms. The van der Waals surface area contributed by atoms with Crippen LogP contribution in [0, 0.1) is 12.3 Å². The average molecular weight is 168 g/mol. The summed E-state index contributed by atoms with van der Waals surface area (Å²) in [5.74, 6) is 2.67. The SMILES string of the molecule is C#CC(CCCCC)OC(C)C. The van der Waals surface area contributed by atoms with E-state index in [0.717, 1.165) is 6.42 Å². The Hall–Kier alpha value is -0.480. The fraction of sp³-hybridized carbons (Fsp3) is 0.818. The van der Waals surface area contributed by atoms with Gasteiger partial charge in [-0.25, -0.2) is 0 Å². The van der Waals surface area contributed by atoms with Crippen molar-refractivity contribution in [2.24, 2.45) is 0 Å². The molecule has 0 aromatic carbocycles. The lowest BCUT2D eigenvalue weighted by molar-refractivity contribution is 0.0353. The van der Waals surface area contributed by atoms with Gasteiger partial charge in [0.1, 0.15) is 6.10 Å². The van der Waals surface area contributed by atoms with Crippen LogP contribution in [0.15, 0.2) is 0 Å². The van der Waals surface area contributed by atoms with Crippen molar-refractivity contribution >= 4 is 0 Å². The molecular formula is C11H20O. The van der Waals surface area contributed by atoms with Crippen LogP contribution in [0.1, 0.15) is 46.5 Å². The highest BCUT2D eigenvalue weighted by atomic mass is 16.5. The molecule has 0 aliphatic rings. The van der Waals surface area contributed by atoms with Crippen molar-refractivity contribution in [2.45, 2.75) is 58.7 Å². The van der Waals surface area contributed by atoms with Crippen molar-refractivity contribution < 1.29 is 4.74 Å². The van der Waals surface area contributed by atoms with Gasteiger partial charge in [0.15, 0.2) is 0 Å². The molecule has 0 saturated heterocycles. The predicted molar refractivity (Wildman–Crippen MR) is 53.0 cm³/mol. The van der Waals surface area contributed by atoms with Gasteiger partial charge in [0.05, 0.1) is 6.10 Å². The lowest BCUT2D eigenvalue weighted by atomic mass is 10.1. The minimum absolute atomic E-state index is 0.0246. The number of unbranched alkanes of at least 4 members (excludes halogenated alkanes) is 2. The molecule has 0 aliphatic heterocycles. The van der Waals surface area contributed by atoms with Crippen LogP contribution in [-0.4, -0.2) is 12.2 Å². The first-order valence-electron chi connectivity index (χ1n) is 4.82. The van der Waals surface area contributed by atoms with Crippen molar-refractivity contribution in [3.05, 3.63) is 0 Å². The second-order valence-corrected chi connectivity index (χ2v) is 3.34. The molecule has 0 saturated carbocycles. The minimum atomic E-state index is 0.0246. The van der Waals surface area contributed by atoms with Crippen molar-refractivity contribution in [1.82, 2.24) is 0 Å². The molecule has 0 spiro atoms. The topological polar surface area (TPSA) is 9.23 Å². The van der Waals surface area contributed by atoms with Crippen LogP contribution in [0.3, 0.4) is 0 Å². The summed E-state index contributed by atoms with van der Waals surface area (Å²) in [6, 6.07) is 0. The largest absolute Gasteiger partial charge is 0.363 e. The first-order chi connectivity index (χ1) is 5.70. The zero-order chi connectivity index (χ0) is 9.40. The van der Waals surface area contributed by atoms with E-state index in [4.69, 9.17) is 11.2 Å². The van der Waals surface area contributed by atoms with E-state index in [9.17, 15) is 0 Å². The van der Waals surface area contributed by atoms with Crippen molar-refractivity contribution in [2.75, 3.05) is 0 Å². The number of rotatable bonds is 6. The van der Waals surface area contributed by atoms with Crippen LogP contribution in [0.2, 0.25) is 0 Å². The Labute approximate surface area is 76.5 Å². The van der Waals surface area contributed by atoms with Gasteiger partial charge in [0.25, 0.3) is 0 Å². The van der Waals surface area contributed by atoms with Gasteiger partial charge in [-0.2, -0.15) is 0 Å². The minimum Gasteiger partial charge on any atom is -0.363 e. The molecule has 12 heavy (non-hydrogen) atoms. The Bertz CT molecular complexity index is 132. The van der Waals surface area contributed by atoms with Gasteiger partial charge in [-0.05, 0) is 26.7 Å². The molecule has 0 aliphatic carbocycles. The number of hydrogen-bond donors (Lipinski definition) is 0. The van der Waals surface area contributed by atoms with E-state index in [0.29, 0.717) is 0 Å². The van der Waals surface area contributed by atoms with Gasteiger partial charge < -0.3 is 4.74 Å². The van der Waals surface area contributed by atoms with Gasteiger partial charge in [0.2, 0.25) is 0 Å². The van der Waals surface area contributed by atoms with E-state index in [-0.39, 0.29) is 12.2 Å². The van der Waals surface area contributed by atoms with Gasteiger partial charge in [-0.15, -0.1) is 6.42 Å². The van der Waals surface area contributed by atoms with E-state index in [1.165, 1.54) is 19.3 Å². The summed E-state index contributed by atoms with van der Waals surface area (Å²) >= 11 is 0. The maximum Gasteiger partial charge on any atom is 0.118 e. The Morgan fingerprint density at radius 2 is 2.00 bits per heavy atom. The maximum absolute atomic E-state index is 5.51. The highest BCUT2D eigenvalue weighted by Crippen LogP contribution is 2.07.